The molecule has 1 aliphatic carbocycles. The van der Waals surface area contributed by atoms with E-state index in [1.165, 1.54) is 17.8 Å². The highest BCUT2D eigenvalue weighted by Gasteiger charge is 2.54. The average molecular weight is 676 g/mol. The lowest BCUT2D eigenvalue weighted by Gasteiger charge is -2.27. The number of rotatable bonds is 17. The Hall–Kier alpha value is -2.41. The first-order valence-electron chi connectivity index (χ1n) is 14.6. The van der Waals surface area contributed by atoms with E-state index in [0.29, 0.717) is 11.3 Å². The van der Waals surface area contributed by atoms with Crippen LogP contribution in [0.4, 0.5) is 11.8 Å². The highest BCUT2D eigenvalue weighted by Crippen LogP contribution is 2.46. The van der Waals surface area contributed by atoms with Crippen LogP contribution in [0.1, 0.15) is 53.2 Å². The number of aliphatic hydroxyl groups is 3. The van der Waals surface area contributed by atoms with Crippen molar-refractivity contribution in [2.75, 3.05) is 49.8 Å². The van der Waals surface area contributed by atoms with E-state index in [2.05, 4.69) is 25.4 Å². The number of carbonyl (C=O) groups is 2. The molecular weight excluding hydrogens is 633 g/mol. The zero-order chi connectivity index (χ0) is 33.0. The summed E-state index contributed by atoms with van der Waals surface area (Å²) in [6.45, 7) is 5.29. The van der Waals surface area contributed by atoms with Crippen molar-refractivity contribution in [1.29, 1.82) is 0 Å². The molecule has 1 saturated carbocycles. The molecule has 0 spiro atoms. The SMILES string of the molecule is CCOC(=O)CCNP(=O)(OCCSC(=O)C(C)(C)CO)OC[C@H]1O[C@@H](n2cnc3c(NC4CC4)nc(N)nc32)[C@](C)(O)[C@@H]1O. The second-order valence-corrected chi connectivity index (χ2v) is 14.5. The van der Waals surface area contributed by atoms with E-state index in [1.807, 2.05) is 0 Å². The highest BCUT2D eigenvalue weighted by atomic mass is 32.2. The zero-order valence-corrected chi connectivity index (χ0v) is 27.4. The molecule has 17 nitrogen and oxygen atoms in total. The number of carbonyl (C=O) groups excluding carboxylic acids is 2. The van der Waals surface area contributed by atoms with Gasteiger partial charge in [0.05, 0.1) is 44.6 Å². The molecule has 2 aliphatic rings. The van der Waals surface area contributed by atoms with Crippen LogP contribution in [0.15, 0.2) is 6.33 Å². The van der Waals surface area contributed by atoms with Crippen LogP contribution in [0.5, 0.6) is 0 Å². The van der Waals surface area contributed by atoms with Gasteiger partial charge in [0.2, 0.25) is 5.95 Å². The molecule has 1 unspecified atom stereocenters. The van der Waals surface area contributed by atoms with Crippen molar-refractivity contribution in [3.05, 3.63) is 6.33 Å². The Labute approximate surface area is 264 Å². The molecule has 19 heteroatoms. The quantitative estimate of drug-likeness (QED) is 0.0777. The van der Waals surface area contributed by atoms with Crippen LogP contribution in [0.25, 0.3) is 11.2 Å². The molecule has 45 heavy (non-hydrogen) atoms. The summed E-state index contributed by atoms with van der Waals surface area (Å²) in [5.74, 6) is 0.0100. The van der Waals surface area contributed by atoms with Gasteiger partial charge in [-0.3, -0.25) is 23.2 Å². The number of nitrogens with two attached hydrogens (primary N) is 1. The monoisotopic (exact) mass is 675 g/mol. The minimum absolute atomic E-state index is 0.0164. The molecule has 4 rings (SSSR count). The van der Waals surface area contributed by atoms with Crippen molar-refractivity contribution in [3.63, 3.8) is 0 Å². The molecule has 0 aromatic carbocycles. The fraction of sp³-hybridized carbons (Fsp3) is 0.731. The minimum Gasteiger partial charge on any atom is -0.466 e. The number of aliphatic hydroxyl groups excluding tert-OH is 2. The molecule has 2 aromatic heterocycles. The van der Waals surface area contributed by atoms with Gasteiger partial charge in [0.1, 0.15) is 17.8 Å². The smallest absolute Gasteiger partial charge is 0.405 e. The molecule has 5 atom stereocenters. The third-order valence-corrected chi connectivity index (χ3v) is 10.0. The van der Waals surface area contributed by atoms with Crippen LogP contribution in [0, 0.1) is 5.41 Å². The Balaban J connectivity index is 1.44. The van der Waals surface area contributed by atoms with Crippen molar-refractivity contribution in [2.24, 2.45) is 5.41 Å². The van der Waals surface area contributed by atoms with Crippen LogP contribution in [0.3, 0.4) is 0 Å². The van der Waals surface area contributed by atoms with Crippen LogP contribution in [-0.2, 0) is 32.7 Å². The predicted octanol–water partition coefficient (Wildman–Crippen LogP) is 0.955. The Morgan fingerprint density at radius 1 is 1.31 bits per heavy atom. The molecule has 0 radical (unpaired) electrons. The maximum atomic E-state index is 13.6. The van der Waals surface area contributed by atoms with E-state index in [-0.39, 0.29) is 61.3 Å². The summed E-state index contributed by atoms with van der Waals surface area (Å²) in [5.41, 5.74) is 3.80. The number of thioether (sulfide) groups is 1. The van der Waals surface area contributed by atoms with Gasteiger partial charge in [0.15, 0.2) is 28.3 Å². The Morgan fingerprint density at radius 3 is 2.71 bits per heavy atom. The second kappa shape index (κ2) is 14.6. The van der Waals surface area contributed by atoms with E-state index in [1.54, 1.807) is 20.8 Å². The van der Waals surface area contributed by atoms with E-state index in [9.17, 15) is 29.5 Å². The zero-order valence-electron chi connectivity index (χ0n) is 25.7. The van der Waals surface area contributed by atoms with Crippen molar-refractivity contribution in [2.45, 2.75) is 77.0 Å². The van der Waals surface area contributed by atoms with Gasteiger partial charge in [0.25, 0.3) is 0 Å². The molecule has 2 fully saturated rings. The van der Waals surface area contributed by atoms with E-state index in [0.717, 1.165) is 24.6 Å². The van der Waals surface area contributed by atoms with E-state index < -0.39 is 49.8 Å². The number of ether oxygens (including phenoxy) is 2. The molecule has 1 aliphatic heterocycles. The summed E-state index contributed by atoms with van der Waals surface area (Å²) in [6, 6.07) is 0.261. The number of aromatic nitrogens is 4. The predicted molar refractivity (Wildman–Crippen MR) is 164 cm³/mol. The summed E-state index contributed by atoms with van der Waals surface area (Å²) >= 11 is 0.903. The average Bonchev–Trinajstić information content (AvgIpc) is 3.65. The first-order chi connectivity index (χ1) is 21.2. The number of esters is 1. The fourth-order valence-corrected chi connectivity index (χ4v) is 6.63. The molecule has 252 valence electrons. The van der Waals surface area contributed by atoms with Gasteiger partial charge in [-0.25, -0.2) is 14.6 Å². The lowest BCUT2D eigenvalue weighted by Crippen LogP contribution is -2.44. The normalized spacial score (nSPS) is 24.9. The topological polar surface area (TPSA) is 242 Å². The van der Waals surface area contributed by atoms with Crippen molar-refractivity contribution in [1.82, 2.24) is 24.6 Å². The fourth-order valence-electron chi connectivity index (χ4n) is 4.38. The summed E-state index contributed by atoms with van der Waals surface area (Å²) in [4.78, 5) is 37.0. The molecular formula is C26H42N7O10PS. The summed E-state index contributed by atoms with van der Waals surface area (Å²) in [7, 11) is -4.13. The third-order valence-electron chi connectivity index (χ3n) is 7.24. The maximum absolute atomic E-state index is 13.6. The number of nitrogen functional groups attached to an aromatic ring is 1. The van der Waals surface area contributed by atoms with Gasteiger partial charge in [-0.1, -0.05) is 11.8 Å². The Kier molecular flexibility index (Phi) is 11.5. The summed E-state index contributed by atoms with van der Waals surface area (Å²) < 4.78 is 37.1. The lowest BCUT2D eigenvalue weighted by atomic mass is 9.96. The molecule has 2 aromatic rings. The number of imidazole rings is 1. The third kappa shape index (κ3) is 8.69. The van der Waals surface area contributed by atoms with Crippen LogP contribution in [-0.4, -0.2) is 108 Å². The van der Waals surface area contributed by atoms with E-state index >= 15 is 0 Å². The number of nitrogens with one attached hydrogen (secondary N) is 2. The van der Waals surface area contributed by atoms with Crippen molar-refractivity contribution < 1.29 is 48.0 Å². The van der Waals surface area contributed by atoms with Crippen LogP contribution in [0.2, 0.25) is 0 Å². The molecule has 1 saturated heterocycles. The standard InChI is InChI=1S/C26H42N7O10PS/c1-5-40-17(35)8-9-29-44(39,41-10-11-45-23(37)25(2,3)13-34)42-12-16-19(36)26(4,38)22(43-16)33-14-28-18-20(30-15-6-7-15)31-24(27)32-21(18)33/h14-16,19,22,34,36,38H,5-13H2,1-4H3,(H,29,39)(H3,27,30,31,32)/t16-,19-,22-,26-,44?/m1/s1. The first-order valence-corrected chi connectivity index (χ1v) is 17.1. The minimum atomic E-state index is -4.13. The lowest BCUT2D eigenvalue weighted by molar-refractivity contribution is -0.142. The molecule has 7 N–H and O–H groups in total. The Morgan fingerprint density at radius 2 is 2.04 bits per heavy atom. The summed E-state index contributed by atoms with van der Waals surface area (Å²) in [6.07, 6.45) is -0.634. The van der Waals surface area contributed by atoms with Gasteiger partial charge >= 0.3 is 13.7 Å². The van der Waals surface area contributed by atoms with Crippen molar-refractivity contribution >= 4 is 53.5 Å². The van der Waals surface area contributed by atoms with Crippen molar-refractivity contribution in [3.8, 4) is 0 Å². The maximum Gasteiger partial charge on any atom is 0.405 e. The number of fused-ring (bicyclic) bond motifs is 1. The molecule has 0 amide bonds. The number of hydrogen-bond acceptors (Lipinski definition) is 16. The molecule has 0 bridgehead atoms. The highest BCUT2D eigenvalue weighted by molar-refractivity contribution is 8.13. The number of anilines is 2. The second-order valence-electron chi connectivity index (χ2n) is 11.6. The largest absolute Gasteiger partial charge is 0.466 e. The van der Waals surface area contributed by atoms with Gasteiger partial charge in [-0.05, 0) is 40.5 Å². The van der Waals surface area contributed by atoms with Gasteiger partial charge in [0, 0.05) is 18.3 Å². The number of nitrogens with zero attached hydrogens (tertiary/aromatic N) is 4. The van der Waals surface area contributed by atoms with Crippen LogP contribution < -0.4 is 16.1 Å². The number of hydrogen-bond donors (Lipinski definition) is 6. The molecule has 3 heterocycles. The summed E-state index contributed by atoms with van der Waals surface area (Å²) in [5, 5.41) is 37.3. The Bertz CT molecular complexity index is 1410. The van der Waals surface area contributed by atoms with E-state index in [4.69, 9.17) is 24.3 Å². The van der Waals surface area contributed by atoms with Gasteiger partial charge in [-0.2, -0.15) is 9.97 Å². The van der Waals surface area contributed by atoms with Crippen LogP contribution >= 0.6 is 19.5 Å². The van der Waals surface area contributed by atoms with Gasteiger partial charge in [-0.15, -0.1) is 0 Å². The van der Waals surface area contributed by atoms with Gasteiger partial charge < -0.3 is 35.8 Å². The first kappa shape index (κ1) is 35.4.